The first-order valence-corrected chi connectivity index (χ1v) is 9.16. The lowest BCUT2D eigenvalue weighted by atomic mass is 10.0. The lowest BCUT2D eigenvalue weighted by molar-refractivity contribution is 0.398. The Kier molecular flexibility index (Phi) is 5.85. The van der Waals surface area contributed by atoms with Crippen molar-refractivity contribution in [3.8, 4) is 11.5 Å². The number of benzene rings is 2. The first-order valence-electron chi connectivity index (χ1n) is 7.68. The molecule has 2 rings (SSSR count). The molecule has 6 heteroatoms. The molecule has 24 heavy (non-hydrogen) atoms. The van der Waals surface area contributed by atoms with Crippen LogP contribution in [0.15, 0.2) is 47.4 Å². The van der Waals surface area contributed by atoms with Crippen LogP contribution in [0.3, 0.4) is 0 Å². The molecule has 0 saturated carbocycles. The second kappa shape index (κ2) is 7.68. The quantitative estimate of drug-likeness (QED) is 0.833. The summed E-state index contributed by atoms with van der Waals surface area (Å²) >= 11 is 0. The van der Waals surface area contributed by atoms with E-state index in [0.717, 1.165) is 5.56 Å². The minimum atomic E-state index is -3.59. The summed E-state index contributed by atoms with van der Waals surface area (Å²) in [6.45, 7) is 4.25. The number of ether oxygens (including phenoxy) is 2. The zero-order chi connectivity index (χ0) is 17.7. The lowest BCUT2D eigenvalue weighted by Crippen LogP contribution is -2.23. The van der Waals surface area contributed by atoms with Crippen LogP contribution in [0.1, 0.15) is 30.9 Å². The Bertz CT molecular complexity index is 783. The van der Waals surface area contributed by atoms with Gasteiger partial charge >= 0.3 is 0 Å². The molecule has 0 spiro atoms. The van der Waals surface area contributed by atoms with Crippen LogP contribution >= 0.6 is 0 Å². The Hall–Kier alpha value is -2.05. The summed E-state index contributed by atoms with van der Waals surface area (Å²) in [5.41, 5.74) is 1.81. The molecular weight excluding hydrogens is 326 g/mol. The third-order valence-corrected chi connectivity index (χ3v) is 5.21. The van der Waals surface area contributed by atoms with Gasteiger partial charge in [-0.2, -0.15) is 0 Å². The van der Waals surface area contributed by atoms with Crippen LogP contribution in [0.2, 0.25) is 0 Å². The highest BCUT2D eigenvalue weighted by Crippen LogP contribution is 2.24. The summed E-state index contributed by atoms with van der Waals surface area (Å²) in [5.74, 6) is 1.61. The van der Waals surface area contributed by atoms with Crippen molar-refractivity contribution < 1.29 is 17.9 Å². The highest BCUT2D eigenvalue weighted by atomic mass is 32.2. The highest BCUT2D eigenvalue weighted by molar-refractivity contribution is 7.89. The summed E-state index contributed by atoms with van der Waals surface area (Å²) in [6, 6.07) is 12.2. The molecule has 0 aromatic heterocycles. The van der Waals surface area contributed by atoms with Crippen LogP contribution in [-0.4, -0.2) is 22.6 Å². The highest BCUT2D eigenvalue weighted by Gasteiger charge is 2.15. The van der Waals surface area contributed by atoms with E-state index >= 15 is 0 Å². The Morgan fingerprint density at radius 3 is 2.21 bits per heavy atom. The van der Waals surface area contributed by atoms with Gasteiger partial charge in [0.1, 0.15) is 11.5 Å². The van der Waals surface area contributed by atoms with E-state index in [9.17, 15) is 8.42 Å². The molecular formula is C18H23NO4S. The van der Waals surface area contributed by atoms with Crippen LogP contribution < -0.4 is 14.2 Å². The molecule has 5 nitrogen and oxygen atoms in total. The molecule has 0 radical (unpaired) electrons. The van der Waals surface area contributed by atoms with Gasteiger partial charge < -0.3 is 9.47 Å². The largest absolute Gasteiger partial charge is 0.497 e. The molecule has 1 N–H and O–H groups in total. The summed E-state index contributed by atoms with van der Waals surface area (Å²) < 4.78 is 38.0. The van der Waals surface area contributed by atoms with E-state index < -0.39 is 10.0 Å². The predicted octanol–water partition coefficient (Wildman–Crippen LogP) is 3.31. The van der Waals surface area contributed by atoms with Crippen molar-refractivity contribution in [2.45, 2.75) is 31.2 Å². The van der Waals surface area contributed by atoms with Gasteiger partial charge in [-0.25, -0.2) is 13.1 Å². The van der Waals surface area contributed by atoms with Gasteiger partial charge in [0.25, 0.3) is 0 Å². The molecule has 0 saturated heterocycles. The summed E-state index contributed by atoms with van der Waals surface area (Å²) in [5, 5.41) is 0. The molecule has 0 aliphatic rings. The minimum absolute atomic E-state index is 0.120. The third kappa shape index (κ3) is 4.27. The maximum atomic E-state index is 12.5. The van der Waals surface area contributed by atoms with Crippen LogP contribution in [0.4, 0.5) is 0 Å². The number of methoxy groups -OCH3 is 2. The van der Waals surface area contributed by atoms with Crippen LogP contribution in [-0.2, 0) is 16.6 Å². The summed E-state index contributed by atoms with van der Waals surface area (Å²) in [7, 11) is -0.484. The molecule has 2 aromatic carbocycles. The molecule has 0 aliphatic heterocycles. The number of hydrogen-bond donors (Lipinski definition) is 1. The van der Waals surface area contributed by atoms with E-state index in [1.807, 2.05) is 12.1 Å². The number of hydrogen-bond acceptors (Lipinski definition) is 4. The van der Waals surface area contributed by atoms with Crippen molar-refractivity contribution in [1.82, 2.24) is 4.72 Å². The molecule has 0 aliphatic carbocycles. The third-order valence-electron chi connectivity index (χ3n) is 3.80. The minimum Gasteiger partial charge on any atom is -0.497 e. The van der Waals surface area contributed by atoms with E-state index in [-0.39, 0.29) is 11.4 Å². The van der Waals surface area contributed by atoms with Gasteiger partial charge in [0, 0.05) is 12.1 Å². The van der Waals surface area contributed by atoms with Gasteiger partial charge in [0.15, 0.2) is 0 Å². The van der Waals surface area contributed by atoms with E-state index in [1.165, 1.54) is 0 Å². The first kappa shape index (κ1) is 18.3. The van der Waals surface area contributed by atoms with Crippen LogP contribution in [0.25, 0.3) is 0 Å². The standard InChI is InChI=1S/C18H23NO4S/c1-13(2)14-5-8-17(9-6-14)24(20,21)19-12-15-11-16(22-3)7-10-18(15)23-4/h5-11,13,19H,12H2,1-4H3. The zero-order valence-electron chi connectivity index (χ0n) is 14.4. The second-order valence-corrected chi connectivity index (χ2v) is 7.49. The van der Waals surface area contributed by atoms with Crippen molar-refractivity contribution in [2.75, 3.05) is 14.2 Å². The number of sulfonamides is 1. The SMILES string of the molecule is COc1ccc(OC)c(CNS(=O)(=O)c2ccc(C(C)C)cc2)c1. The zero-order valence-corrected chi connectivity index (χ0v) is 15.2. The average Bonchev–Trinajstić information content (AvgIpc) is 2.59. The Morgan fingerprint density at radius 2 is 1.67 bits per heavy atom. The maximum Gasteiger partial charge on any atom is 0.240 e. The normalized spacial score (nSPS) is 11.5. The monoisotopic (exact) mass is 349 g/mol. The number of rotatable bonds is 7. The van der Waals surface area contributed by atoms with E-state index in [2.05, 4.69) is 18.6 Å². The molecule has 0 bridgehead atoms. The van der Waals surface area contributed by atoms with E-state index in [4.69, 9.17) is 9.47 Å². The molecule has 0 heterocycles. The Labute approximate surface area is 143 Å². The van der Waals surface area contributed by atoms with E-state index in [1.54, 1.807) is 44.6 Å². The molecule has 0 amide bonds. The van der Waals surface area contributed by atoms with E-state index in [0.29, 0.717) is 23.0 Å². The second-order valence-electron chi connectivity index (χ2n) is 5.73. The van der Waals surface area contributed by atoms with Crippen LogP contribution in [0, 0.1) is 0 Å². The van der Waals surface area contributed by atoms with Crippen LogP contribution in [0.5, 0.6) is 11.5 Å². The van der Waals surface area contributed by atoms with Crippen molar-refractivity contribution in [2.24, 2.45) is 0 Å². The van der Waals surface area contributed by atoms with Gasteiger partial charge in [-0.15, -0.1) is 0 Å². The fourth-order valence-electron chi connectivity index (χ4n) is 2.31. The van der Waals surface area contributed by atoms with Crippen molar-refractivity contribution in [3.63, 3.8) is 0 Å². The van der Waals surface area contributed by atoms with Crippen molar-refractivity contribution >= 4 is 10.0 Å². The maximum absolute atomic E-state index is 12.5. The molecule has 0 fully saturated rings. The molecule has 0 unspecified atom stereocenters. The summed E-state index contributed by atoms with van der Waals surface area (Å²) in [4.78, 5) is 0.244. The Morgan fingerprint density at radius 1 is 1.00 bits per heavy atom. The first-order chi connectivity index (χ1) is 11.4. The van der Waals surface area contributed by atoms with Gasteiger partial charge in [-0.3, -0.25) is 0 Å². The van der Waals surface area contributed by atoms with Gasteiger partial charge in [-0.1, -0.05) is 26.0 Å². The van der Waals surface area contributed by atoms with Crippen molar-refractivity contribution in [1.29, 1.82) is 0 Å². The van der Waals surface area contributed by atoms with Gasteiger partial charge in [-0.05, 0) is 41.8 Å². The smallest absolute Gasteiger partial charge is 0.240 e. The fourth-order valence-corrected chi connectivity index (χ4v) is 3.31. The lowest BCUT2D eigenvalue weighted by Gasteiger charge is -2.12. The summed E-state index contributed by atoms with van der Waals surface area (Å²) in [6.07, 6.45) is 0. The molecule has 0 atom stereocenters. The van der Waals surface area contributed by atoms with Gasteiger partial charge in [0.2, 0.25) is 10.0 Å². The van der Waals surface area contributed by atoms with Crippen molar-refractivity contribution in [3.05, 3.63) is 53.6 Å². The molecule has 2 aromatic rings. The average molecular weight is 349 g/mol. The van der Waals surface area contributed by atoms with Gasteiger partial charge in [0.05, 0.1) is 19.1 Å². The number of nitrogens with one attached hydrogen (secondary N) is 1. The topological polar surface area (TPSA) is 64.6 Å². The predicted molar refractivity (Wildman–Crippen MR) is 94.1 cm³/mol. The Balaban J connectivity index is 2.18. The molecule has 130 valence electrons. The fraction of sp³-hybridized carbons (Fsp3) is 0.333.